The molecule has 2 aromatic carbocycles. The van der Waals surface area contributed by atoms with Gasteiger partial charge in [-0.3, -0.25) is 9.67 Å². The second kappa shape index (κ2) is 5.89. The highest BCUT2D eigenvalue weighted by Gasteiger charge is 2.14. The van der Waals surface area contributed by atoms with Gasteiger partial charge in [0.2, 0.25) is 6.79 Å². The van der Waals surface area contributed by atoms with E-state index in [2.05, 4.69) is 22.3 Å². The molecule has 4 rings (SSSR count). The maximum atomic E-state index is 5.43. The zero-order valence-corrected chi connectivity index (χ0v) is 13.2. The smallest absolute Gasteiger partial charge is 0.231 e. The third-order valence-corrected chi connectivity index (χ3v) is 4.13. The van der Waals surface area contributed by atoms with Gasteiger partial charge in [0.1, 0.15) is 5.82 Å². The Morgan fingerprint density at radius 2 is 1.87 bits per heavy atom. The average Bonchev–Trinajstić information content (AvgIpc) is 3.17. The lowest BCUT2D eigenvalue weighted by Gasteiger charge is -2.08. The quantitative estimate of drug-likeness (QED) is 0.748. The summed E-state index contributed by atoms with van der Waals surface area (Å²) in [6.45, 7) is 0.928. The van der Waals surface area contributed by atoms with Crippen LogP contribution in [0.15, 0.2) is 48.5 Å². The molecule has 0 fully saturated rings. The Bertz CT molecular complexity index is 886. The van der Waals surface area contributed by atoms with Crippen LogP contribution in [-0.4, -0.2) is 21.6 Å². The van der Waals surface area contributed by atoms with Crippen LogP contribution in [-0.2, 0) is 13.0 Å². The Labute approximate surface area is 138 Å². The lowest BCUT2D eigenvalue weighted by Crippen LogP contribution is -2.06. The van der Waals surface area contributed by atoms with E-state index in [9.17, 15) is 0 Å². The van der Waals surface area contributed by atoms with Gasteiger partial charge in [-0.25, -0.2) is 0 Å². The highest BCUT2D eigenvalue weighted by molar-refractivity contribution is 7.71. The van der Waals surface area contributed by atoms with Gasteiger partial charge >= 0.3 is 0 Å². The molecule has 0 saturated carbocycles. The van der Waals surface area contributed by atoms with Crippen molar-refractivity contribution in [2.45, 2.75) is 13.0 Å². The van der Waals surface area contributed by atoms with Crippen LogP contribution in [0.1, 0.15) is 17.0 Å². The third kappa shape index (κ3) is 2.85. The van der Waals surface area contributed by atoms with E-state index in [-0.39, 0.29) is 6.79 Å². The largest absolute Gasteiger partial charge is 0.454 e. The number of aromatic amines is 1. The Morgan fingerprint density at radius 1 is 1.04 bits per heavy atom. The summed E-state index contributed by atoms with van der Waals surface area (Å²) in [5.41, 5.74) is 2.30. The Balaban J connectivity index is 1.62. The second-order valence-electron chi connectivity index (χ2n) is 5.38. The van der Waals surface area contributed by atoms with Crippen LogP contribution >= 0.6 is 12.2 Å². The number of aromatic nitrogens is 3. The van der Waals surface area contributed by atoms with Crippen molar-refractivity contribution in [2.24, 2.45) is 0 Å². The summed E-state index contributed by atoms with van der Waals surface area (Å²) < 4.78 is 13.4. The number of nitrogens with zero attached hydrogens (tertiary/aromatic N) is 2. The summed E-state index contributed by atoms with van der Waals surface area (Å²) in [6.07, 6.45) is 0.735. The van der Waals surface area contributed by atoms with Gasteiger partial charge in [0.15, 0.2) is 16.3 Å². The van der Waals surface area contributed by atoms with E-state index < -0.39 is 0 Å². The molecule has 1 aliphatic heterocycles. The standard InChI is InChI=1S/C17H15N3O2S/c23-17-19-18-16(9-12-4-2-1-3-5-12)20(17)10-13-6-7-14-15(8-13)22-11-21-14/h1-8H,9-11H2,(H,19,23). The van der Waals surface area contributed by atoms with Gasteiger partial charge in [0.05, 0.1) is 6.54 Å². The van der Waals surface area contributed by atoms with Crippen LogP contribution in [0.5, 0.6) is 11.5 Å². The highest BCUT2D eigenvalue weighted by Crippen LogP contribution is 2.32. The normalized spacial score (nSPS) is 12.5. The van der Waals surface area contributed by atoms with Crippen LogP contribution in [0.2, 0.25) is 0 Å². The number of rotatable bonds is 4. The highest BCUT2D eigenvalue weighted by atomic mass is 32.1. The molecule has 0 bridgehead atoms. The molecule has 23 heavy (non-hydrogen) atoms. The number of ether oxygens (including phenoxy) is 2. The molecule has 0 aliphatic carbocycles. The van der Waals surface area contributed by atoms with Crippen molar-refractivity contribution in [3.63, 3.8) is 0 Å². The molecule has 0 saturated heterocycles. The van der Waals surface area contributed by atoms with Gasteiger partial charge in [-0.1, -0.05) is 36.4 Å². The maximum Gasteiger partial charge on any atom is 0.231 e. The van der Waals surface area contributed by atoms with Crippen molar-refractivity contribution in [2.75, 3.05) is 6.79 Å². The SMILES string of the molecule is S=c1[nH]nc(Cc2ccccc2)n1Cc1ccc2c(c1)OCO2. The van der Waals surface area contributed by atoms with Gasteiger partial charge in [-0.05, 0) is 35.5 Å². The minimum absolute atomic E-state index is 0.281. The molecule has 1 N–H and O–H groups in total. The predicted octanol–water partition coefficient (Wildman–Crippen LogP) is 3.31. The molecular weight excluding hydrogens is 310 g/mol. The fourth-order valence-corrected chi connectivity index (χ4v) is 2.86. The summed E-state index contributed by atoms with van der Waals surface area (Å²) in [5, 5.41) is 7.26. The van der Waals surface area contributed by atoms with Crippen molar-refractivity contribution >= 4 is 12.2 Å². The van der Waals surface area contributed by atoms with Crippen LogP contribution in [0.4, 0.5) is 0 Å². The Morgan fingerprint density at radius 3 is 2.74 bits per heavy atom. The zero-order valence-electron chi connectivity index (χ0n) is 12.4. The summed E-state index contributed by atoms with van der Waals surface area (Å²) in [7, 11) is 0. The molecule has 116 valence electrons. The number of hydrogen-bond donors (Lipinski definition) is 1. The Kier molecular flexibility index (Phi) is 3.59. The molecule has 0 spiro atoms. The molecule has 0 atom stereocenters. The lowest BCUT2D eigenvalue weighted by atomic mass is 10.1. The monoisotopic (exact) mass is 325 g/mol. The molecule has 0 radical (unpaired) electrons. The van der Waals surface area contributed by atoms with Crippen molar-refractivity contribution in [3.05, 3.63) is 70.3 Å². The van der Waals surface area contributed by atoms with E-state index in [4.69, 9.17) is 21.7 Å². The fourth-order valence-electron chi connectivity index (χ4n) is 2.65. The van der Waals surface area contributed by atoms with Gasteiger partial charge < -0.3 is 9.47 Å². The fraction of sp³-hybridized carbons (Fsp3) is 0.176. The Hall–Kier alpha value is -2.60. The number of hydrogen-bond acceptors (Lipinski definition) is 4. The molecule has 5 nitrogen and oxygen atoms in total. The van der Waals surface area contributed by atoms with E-state index >= 15 is 0 Å². The first-order valence-electron chi connectivity index (χ1n) is 7.36. The molecule has 6 heteroatoms. The number of H-pyrrole nitrogens is 1. The minimum Gasteiger partial charge on any atom is -0.454 e. The van der Waals surface area contributed by atoms with Crippen molar-refractivity contribution in [1.82, 2.24) is 14.8 Å². The van der Waals surface area contributed by atoms with Crippen LogP contribution < -0.4 is 9.47 Å². The molecule has 1 aromatic heterocycles. The van der Waals surface area contributed by atoms with E-state index in [0.29, 0.717) is 11.3 Å². The van der Waals surface area contributed by atoms with E-state index in [1.165, 1.54) is 5.56 Å². The van der Waals surface area contributed by atoms with E-state index in [0.717, 1.165) is 29.3 Å². The van der Waals surface area contributed by atoms with Crippen LogP contribution in [0.3, 0.4) is 0 Å². The summed E-state index contributed by atoms with van der Waals surface area (Å²) in [6, 6.07) is 16.2. The maximum absolute atomic E-state index is 5.43. The van der Waals surface area contributed by atoms with Crippen LogP contribution in [0.25, 0.3) is 0 Å². The molecule has 1 aliphatic rings. The van der Waals surface area contributed by atoms with Gasteiger partial charge in [-0.15, -0.1) is 0 Å². The second-order valence-corrected chi connectivity index (χ2v) is 5.77. The topological polar surface area (TPSA) is 52.1 Å². The van der Waals surface area contributed by atoms with Gasteiger partial charge in [0.25, 0.3) is 0 Å². The number of benzene rings is 2. The summed E-state index contributed by atoms with van der Waals surface area (Å²) in [4.78, 5) is 0. The summed E-state index contributed by atoms with van der Waals surface area (Å²) >= 11 is 5.38. The molecule has 3 aromatic rings. The van der Waals surface area contributed by atoms with E-state index in [1.807, 2.05) is 41.0 Å². The van der Waals surface area contributed by atoms with Crippen molar-refractivity contribution in [1.29, 1.82) is 0 Å². The van der Waals surface area contributed by atoms with E-state index in [1.54, 1.807) is 0 Å². The molecule has 0 unspecified atom stereocenters. The molecule has 0 amide bonds. The first-order chi connectivity index (χ1) is 11.3. The van der Waals surface area contributed by atoms with Gasteiger partial charge in [0, 0.05) is 6.42 Å². The third-order valence-electron chi connectivity index (χ3n) is 3.82. The zero-order chi connectivity index (χ0) is 15.6. The first kappa shape index (κ1) is 14.0. The summed E-state index contributed by atoms with van der Waals surface area (Å²) in [5.74, 6) is 2.48. The average molecular weight is 325 g/mol. The lowest BCUT2D eigenvalue weighted by molar-refractivity contribution is 0.174. The number of nitrogens with one attached hydrogen (secondary N) is 1. The first-order valence-corrected chi connectivity index (χ1v) is 7.77. The van der Waals surface area contributed by atoms with Crippen molar-refractivity contribution < 1.29 is 9.47 Å². The minimum atomic E-state index is 0.281. The molecule has 2 heterocycles. The van der Waals surface area contributed by atoms with Gasteiger partial charge in [-0.2, -0.15) is 5.10 Å². The predicted molar refractivity (Wildman–Crippen MR) is 88.3 cm³/mol. The van der Waals surface area contributed by atoms with Crippen molar-refractivity contribution in [3.8, 4) is 11.5 Å². The molecular formula is C17H15N3O2S. The number of fused-ring (bicyclic) bond motifs is 1. The van der Waals surface area contributed by atoms with Crippen LogP contribution in [0, 0.1) is 4.77 Å².